The second-order valence-electron chi connectivity index (χ2n) is 9.94. The summed E-state index contributed by atoms with van der Waals surface area (Å²) in [6.45, 7) is 0.537. The van der Waals surface area contributed by atoms with E-state index >= 15 is 0 Å². The smallest absolute Gasteiger partial charge is 0.328 e. The SMILES string of the molecule is COC(=O)[C@@H](Cc1ccc(F)cc1)NC(=O)c1nn(Cc2ccccc2)c2c1CCCCC2c1ccccc1. The Morgan fingerprint density at radius 1 is 0.974 bits per heavy atom. The molecule has 39 heavy (non-hydrogen) atoms. The van der Waals surface area contributed by atoms with Gasteiger partial charge < -0.3 is 10.1 Å². The van der Waals surface area contributed by atoms with Crippen molar-refractivity contribution in [1.29, 1.82) is 0 Å². The van der Waals surface area contributed by atoms with Crippen molar-refractivity contribution >= 4 is 11.9 Å². The lowest BCUT2D eigenvalue weighted by atomic mass is 9.90. The number of ether oxygens (including phenoxy) is 1. The number of hydrogen-bond donors (Lipinski definition) is 1. The van der Waals surface area contributed by atoms with Crippen LogP contribution in [0, 0.1) is 5.82 Å². The van der Waals surface area contributed by atoms with Gasteiger partial charge in [-0.3, -0.25) is 9.48 Å². The van der Waals surface area contributed by atoms with Gasteiger partial charge in [0.25, 0.3) is 5.91 Å². The number of nitrogens with one attached hydrogen (secondary N) is 1. The van der Waals surface area contributed by atoms with Crippen molar-refractivity contribution in [3.05, 3.63) is 124 Å². The molecule has 6 nitrogen and oxygen atoms in total. The standard InChI is InChI=1S/C32H32FN3O3/c1-39-32(38)28(20-22-16-18-25(33)19-17-22)34-31(37)29-27-15-9-8-14-26(24-12-6-3-7-13-24)30(27)36(35-29)21-23-10-4-2-5-11-23/h2-7,10-13,16-19,26,28H,8-9,14-15,20-21H2,1H3,(H,34,37)/t26?,28-/m1/s1. The molecule has 2 atom stereocenters. The van der Waals surface area contributed by atoms with Crippen molar-refractivity contribution in [1.82, 2.24) is 15.1 Å². The molecule has 0 spiro atoms. The first kappa shape index (κ1) is 26.4. The maximum Gasteiger partial charge on any atom is 0.328 e. The molecule has 0 saturated heterocycles. The topological polar surface area (TPSA) is 73.2 Å². The molecule has 1 unspecified atom stereocenters. The van der Waals surface area contributed by atoms with Crippen LogP contribution in [0.1, 0.15) is 63.6 Å². The van der Waals surface area contributed by atoms with Gasteiger partial charge in [-0.2, -0.15) is 5.10 Å². The van der Waals surface area contributed by atoms with Gasteiger partial charge >= 0.3 is 5.97 Å². The van der Waals surface area contributed by atoms with Gasteiger partial charge in [-0.1, -0.05) is 79.2 Å². The Bertz CT molecular complexity index is 1420. The van der Waals surface area contributed by atoms with Crippen LogP contribution in [-0.4, -0.2) is 34.8 Å². The molecular formula is C32H32FN3O3. The molecule has 3 aromatic carbocycles. The maximum absolute atomic E-state index is 13.8. The molecule has 5 rings (SSSR count). The van der Waals surface area contributed by atoms with Crippen molar-refractivity contribution in [3.8, 4) is 0 Å². The Morgan fingerprint density at radius 3 is 2.36 bits per heavy atom. The molecular weight excluding hydrogens is 493 g/mol. The Labute approximate surface area is 227 Å². The largest absolute Gasteiger partial charge is 0.467 e. The van der Waals surface area contributed by atoms with Gasteiger partial charge in [0.1, 0.15) is 11.9 Å². The predicted octanol–water partition coefficient (Wildman–Crippen LogP) is 5.44. The average molecular weight is 526 g/mol. The third-order valence-electron chi connectivity index (χ3n) is 7.33. The number of esters is 1. The van der Waals surface area contributed by atoms with E-state index in [1.54, 1.807) is 12.1 Å². The summed E-state index contributed by atoms with van der Waals surface area (Å²) in [6, 6.07) is 25.4. The number of carbonyl (C=O) groups excluding carboxylic acids is 2. The summed E-state index contributed by atoms with van der Waals surface area (Å²) < 4.78 is 20.4. The Hall–Kier alpha value is -4.26. The summed E-state index contributed by atoms with van der Waals surface area (Å²) in [4.78, 5) is 26.4. The first-order valence-electron chi connectivity index (χ1n) is 13.3. The van der Waals surface area contributed by atoms with E-state index in [2.05, 4.69) is 29.6 Å². The fourth-order valence-electron chi connectivity index (χ4n) is 5.42. The second kappa shape index (κ2) is 12.1. The fourth-order valence-corrected chi connectivity index (χ4v) is 5.42. The molecule has 1 aliphatic rings. The van der Waals surface area contributed by atoms with Crippen molar-refractivity contribution in [3.63, 3.8) is 0 Å². The van der Waals surface area contributed by atoms with Crippen LogP contribution in [-0.2, 0) is 28.9 Å². The van der Waals surface area contributed by atoms with E-state index in [-0.39, 0.29) is 18.2 Å². The minimum absolute atomic E-state index is 0.108. The van der Waals surface area contributed by atoms with E-state index in [9.17, 15) is 14.0 Å². The van der Waals surface area contributed by atoms with E-state index in [0.717, 1.165) is 42.5 Å². The quantitative estimate of drug-likeness (QED) is 0.246. The van der Waals surface area contributed by atoms with Gasteiger partial charge in [0.05, 0.1) is 19.3 Å². The fraction of sp³-hybridized carbons (Fsp3) is 0.281. The second-order valence-corrected chi connectivity index (χ2v) is 9.94. The van der Waals surface area contributed by atoms with Crippen LogP contribution in [0.4, 0.5) is 4.39 Å². The third-order valence-corrected chi connectivity index (χ3v) is 7.33. The summed E-state index contributed by atoms with van der Waals surface area (Å²) in [5.41, 5.74) is 5.34. The molecule has 0 radical (unpaired) electrons. The van der Waals surface area contributed by atoms with Crippen LogP contribution in [0.15, 0.2) is 84.9 Å². The van der Waals surface area contributed by atoms with Gasteiger partial charge in [0.15, 0.2) is 5.69 Å². The van der Waals surface area contributed by atoms with Crippen molar-refractivity contribution < 1.29 is 18.7 Å². The number of rotatable bonds is 8. The minimum atomic E-state index is -0.932. The summed E-state index contributed by atoms with van der Waals surface area (Å²) in [6.07, 6.45) is 3.86. The molecule has 0 fully saturated rings. The Kier molecular flexibility index (Phi) is 8.16. The number of methoxy groups -OCH3 is 1. The number of benzene rings is 3. The van der Waals surface area contributed by atoms with Crippen LogP contribution >= 0.6 is 0 Å². The van der Waals surface area contributed by atoms with Crippen LogP contribution in [0.2, 0.25) is 0 Å². The number of carbonyl (C=O) groups is 2. The van der Waals surface area contributed by atoms with Gasteiger partial charge in [0, 0.05) is 17.9 Å². The van der Waals surface area contributed by atoms with Crippen LogP contribution < -0.4 is 5.32 Å². The zero-order chi connectivity index (χ0) is 27.2. The molecule has 200 valence electrons. The highest BCUT2D eigenvalue weighted by atomic mass is 19.1. The Morgan fingerprint density at radius 2 is 1.67 bits per heavy atom. The summed E-state index contributed by atoms with van der Waals surface area (Å²) in [5.74, 6) is -1.23. The number of fused-ring (bicyclic) bond motifs is 1. The minimum Gasteiger partial charge on any atom is -0.467 e. The molecule has 0 aliphatic heterocycles. The number of nitrogens with zero attached hydrogens (tertiary/aromatic N) is 2. The zero-order valence-electron chi connectivity index (χ0n) is 22.0. The molecule has 1 aromatic heterocycles. The van der Waals surface area contributed by atoms with E-state index in [4.69, 9.17) is 9.84 Å². The molecule has 1 aliphatic carbocycles. The Balaban J connectivity index is 1.52. The average Bonchev–Trinajstić information content (AvgIpc) is 3.16. The molecule has 4 aromatic rings. The van der Waals surface area contributed by atoms with E-state index in [1.807, 2.05) is 41.1 Å². The highest BCUT2D eigenvalue weighted by molar-refractivity contribution is 5.96. The molecule has 0 bridgehead atoms. The number of amides is 1. The summed E-state index contributed by atoms with van der Waals surface area (Å²) in [5, 5.41) is 7.73. The maximum atomic E-state index is 13.8. The zero-order valence-corrected chi connectivity index (χ0v) is 22.0. The molecule has 1 amide bonds. The summed E-state index contributed by atoms with van der Waals surface area (Å²) in [7, 11) is 1.29. The lowest BCUT2D eigenvalue weighted by Crippen LogP contribution is -2.43. The highest BCUT2D eigenvalue weighted by Gasteiger charge is 2.32. The van der Waals surface area contributed by atoms with Gasteiger partial charge in [-0.15, -0.1) is 0 Å². The molecule has 1 heterocycles. The van der Waals surface area contributed by atoms with Gasteiger partial charge in [0.2, 0.25) is 0 Å². The van der Waals surface area contributed by atoms with Crippen molar-refractivity contribution in [2.75, 3.05) is 7.11 Å². The van der Waals surface area contributed by atoms with Crippen LogP contribution in [0.5, 0.6) is 0 Å². The van der Waals surface area contributed by atoms with Crippen LogP contribution in [0.3, 0.4) is 0 Å². The van der Waals surface area contributed by atoms with E-state index < -0.39 is 17.9 Å². The molecule has 1 N–H and O–H groups in total. The highest BCUT2D eigenvalue weighted by Crippen LogP contribution is 2.37. The first-order valence-corrected chi connectivity index (χ1v) is 13.3. The van der Waals surface area contributed by atoms with Gasteiger partial charge in [-0.25, -0.2) is 9.18 Å². The normalized spacial score (nSPS) is 15.6. The number of halogens is 1. The molecule has 0 saturated carbocycles. The molecule has 7 heteroatoms. The number of hydrogen-bond acceptors (Lipinski definition) is 4. The monoisotopic (exact) mass is 525 g/mol. The predicted molar refractivity (Wildman–Crippen MR) is 147 cm³/mol. The van der Waals surface area contributed by atoms with Gasteiger partial charge in [-0.05, 0) is 48.1 Å². The van der Waals surface area contributed by atoms with Crippen LogP contribution in [0.25, 0.3) is 0 Å². The summed E-state index contributed by atoms with van der Waals surface area (Å²) >= 11 is 0. The van der Waals surface area contributed by atoms with E-state index in [0.29, 0.717) is 17.8 Å². The number of aromatic nitrogens is 2. The first-order chi connectivity index (χ1) is 19.0. The lowest BCUT2D eigenvalue weighted by molar-refractivity contribution is -0.142. The van der Waals surface area contributed by atoms with Crippen molar-refractivity contribution in [2.45, 2.75) is 50.6 Å². The van der Waals surface area contributed by atoms with E-state index in [1.165, 1.54) is 24.8 Å². The third kappa shape index (κ3) is 6.08. The lowest BCUT2D eigenvalue weighted by Gasteiger charge is -2.19. The van der Waals surface area contributed by atoms with Crippen molar-refractivity contribution in [2.24, 2.45) is 0 Å².